The second-order valence-electron chi connectivity index (χ2n) is 4.12. The maximum absolute atomic E-state index is 11.6. The van der Waals surface area contributed by atoms with Crippen LogP contribution in [0.15, 0.2) is 34.9 Å². The number of benzene rings is 1. The van der Waals surface area contributed by atoms with Crippen LogP contribution in [0.1, 0.15) is 31.5 Å². The van der Waals surface area contributed by atoms with Gasteiger partial charge < -0.3 is 14.0 Å². The Kier molecular flexibility index (Phi) is 4.70. The lowest BCUT2D eigenvalue weighted by atomic mass is 10.2. The third-order valence-corrected chi connectivity index (χ3v) is 2.61. The molecule has 0 saturated carbocycles. The number of esters is 1. The van der Waals surface area contributed by atoms with E-state index in [0.717, 1.165) is 5.75 Å². The van der Waals surface area contributed by atoms with Crippen molar-refractivity contribution in [2.45, 2.75) is 26.4 Å². The van der Waals surface area contributed by atoms with Crippen molar-refractivity contribution in [1.82, 2.24) is 10.1 Å². The van der Waals surface area contributed by atoms with Crippen molar-refractivity contribution in [3.8, 4) is 5.75 Å². The van der Waals surface area contributed by atoms with Crippen LogP contribution in [-0.2, 0) is 16.1 Å². The summed E-state index contributed by atoms with van der Waals surface area (Å²) < 4.78 is 15.4. The molecule has 0 aliphatic heterocycles. The highest BCUT2D eigenvalue weighted by Crippen LogP contribution is 2.16. The zero-order valence-corrected chi connectivity index (χ0v) is 11.4. The van der Waals surface area contributed by atoms with Crippen LogP contribution in [0.3, 0.4) is 0 Å². The third-order valence-electron chi connectivity index (χ3n) is 2.61. The average Bonchev–Trinajstić information content (AvgIpc) is 2.94. The maximum atomic E-state index is 11.6. The predicted octanol–water partition coefficient (Wildman–Crippen LogP) is 2.32. The Morgan fingerprint density at radius 2 is 2.10 bits per heavy atom. The first-order chi connectivity index (χ1) is 9.70. The van der Waals surface area contributed by atoms with Crippen LogP contribution in [0, 0.1) is 0 Å². The van der Waals surface area contributed by atoms with E-state index in [1.165, 1.54) is 0 Å². The van der Waals surface area contributed by atoms with E-state index in [-0.39, 0.29) is 18.5 Å². The van der Waals surface area contributed by atoms with E-state index in [1.54, 1.807) is 13.8 Å². The van der Waals surface area contributed by atoms with Crippen LogP contribution >= 0.6 is 0 Å². The second-order valence-corrected chi connectivity index (χ2v) is 4.12. The number of hydrogen-bond acceptors (Lipinski definition) is 6. The molecule has 2 aromatic rings. The number of ether oxygens (including phenoxy) is 2. The highest BCUT2D eigenvalue weighted by Gasteiger charge is 2.23. The van der Waals surface area contributed by atoms with Crippen molar-refractivity contribution in [3.63, 3.8) is 0 Å². The first-order valence-electron chi connectivity index (χ1n) is 6.37. The van der Waals surface area contributed by atoms with Crippen molar-refractivity contribution in [1.29, 1.82) is 0 Å². The SMILES string of the molecule is CCOC(=O)C(C)c1nc(COc2ccccc2)no1. The lowest BCUT2D eigenvalue weighted by Crippen LogP contribution is -2.13. The maximum Gasteiger partial charge on any atom is 0.318 e. The molecule has 1 aromatic heterocycles. The Bertz CT molecular complexity index is 553. The van der Waals surface area contributed by atoms with Gasteiger partial charge in [0.15, 0.2) is 6.61 Å². The summed E-state index contributed by atoms with van der Waals surface area (Å²) in [5.74, 6) is 0.381. The van der Waals surface area contributed by atoms with E-state index < -0.39 is 5.92 Å². The number of para-hydroxylation sites is 1. The molecule has 0 radical (unpaired) electrons. The van der Waals surface area contributed by atoms with Gasteiger partial charge in [-0.05, 0) is 26.0 Å². The molecule has 1 aromatic carbocycles. The summed E-state index contributed by atoms with van der Waals surface area (Å²) in [4.78, 5) is 15.7. The van der Waals surface area contributed by atoms with Crippen LogP contribution in [-0.4, -0.2) is 22.7 Å². The van der Waals surface area contributed by atoms with Crippen LogP contribution in [0.25, 0.3) is 0 Å². The summed E-state index contributed by atoms with van der Waals surface area (Å²) in [6.45, 7) is 3.91. The van der Waals surface area contributed by atoms with Crippen LogP contribution in [0.4, 0.5) is 0 Å². The van der Waals surface area contributed by atoms with Crippen molar-refractivity contribution in [2.24, 2.45) is 0 Å². The average molecular weight is 276 g/mol. The molecule has 1 atom stereocenters. The fourth-order valence-corrected chi connectivity index (χ4v) is 1.53. The molecule has 0 N–H and O–H groups in total. The van der Waals surface area contributed by atoms with Gasteiger partial charge in [-0.15, -0.1) is 0 Å². The van der Waals surface area contributed by atoms with Gasteiger partial charge in [0, 0.05) is 0 Å². The largest absolute Gasteiger partial charge is 0.485 e. The summed E-state index contributed by atoms with van der Waals surface area (Å²) in [5.41, 5.74) is 0. The van der Waals surface area contributed by atoms with Gasteiger partial charge in [0.05, 0.1) is 6.61 Å². The lowest BCUT2D eigenvalue weighted by molar-refractivity contribution is -0.145. The van der Waals surface area contributed by atoms with Gasteiger partial charge >= 0.3 is 5.97 Å². The minimum absolute atomic E-state index is 0.184. The monoisotopic (exact) mass is 276 g/mol. The molecule has 0 aliphatic rings. The molecule has 6 nitrogen and oxygen atoms in total. The fraction of sp³-hybridized carbons (Fsp3) is 0.357. The Hall–Kier alpha value is -2.37. The molecule has 0 amide bonds. The van der Waals surface area contributed by atoms with Crippen molar-refractivity contribution in [2.75, 3.05) is 6.61 Å². The topological polar surface area (TPSA) is 74.5 Å². The normalized spacial score (nSPS) is 11.9. The van der Waals surface area contributed by atoms with E-state index >= 15 is 0 Å². The van der Waals surface area contributed by atoms with Gasteiger partial charge in [0.2, 0.25) is 11.7 Å². The Balaban J connectivity index is 1.93. The molecule has 0 bridgehead atoms. The molecule has 106 valence electrons. The van der Waals surface area contributed by atoms with Crippen LogP contribution in [0.2, 0.25) is 0 Å². The molecule has 0 fully saturated rings. The first kappa shape index (κ1) is 14.0. The highest BCUT2D eigenvalue weighted by atomic mass is 16.5. The molecule has 6 heteroatoms. The van der Waals surface area contributed by atoms with E-state index in [0.29, 0.717) is 12.4 Å². The van der Waals surface area contributed by atoms with Gasteiger partial charge in [0.25, 0.3) is 0 Å². The van der Waals surface area contributed by atoms with Gasteiger partial charge in [0.1, 0.15) is 11.7 Å². The Labute approximate surface area is 116 Å². The number of rotatable bonds is 6. The summed E-state index contributed by atoms with van der Waals surface area (Å²) in [5, 5.41) is 3.78. The van der Waals surface area contributed by atoms with Crippen LogP contribution in [0.5, 0.6) is 5.75 Å². The number of nitrogens with zero attached hydrogens (tertiary/aromatic N) is 2. The Morgan fingerprint density at radius 3 is 2.80 bits per heavy atom. The molecule has 1 unspecified atom stereocenters. The molecular formula is C14H16N2O4. The number of aromatic nitrogens is 2. The number of carbonyl (C=O) groups is 1. The number of hydrogen-bond donors (Lipinski definition) is 0. The molecule has 2 rings (SSSR count). The van der Waals surface area contributed by atoms with Crippen LogP contribution < -0.4 is 4.74 Å². The molecule has 0 saturated heterocycles. The molecule has 20 heavy (non-hydrogen) atoms. The van der Waals surface area contributed by atoms with Gasteiger partial charge in [-0.25, -0.2) is 0 Å². The van der Waals surface area contributed by atoms with E-state index in [2.05, 4.69) is 10.1 Å². The van der Waals surface area contributed by atoms with E-state index in [4.69, 9.17) is 14.0 Å². The Morgan fingerprint density at radius 1 is 1.35 bits per heavy atom. The smallest absolute Gasteiger partial charge is 0.318 e. The first-order valence-corrected chi connectivity index (χ1v) is 6.37. The summed E-state index contributed by atoms with van der Waals surface area (Å²) in [6.07, 6.45) is 0. The highest BCUT2D eigenvalue weighted by molar-refractivity contribution is 5.76. The fourth-order valence-electron chi connectivity index (χ4n) is 1.53. The molecule has 0 spiro atoms. The summed E-state index contributed by atoms with van der Waals surface area (Å²) in [6, 6.07) is 9.32. The molecule has 1 heterocycles. The van der Waals surface area contributed by atoms with Gasteiger partial charge in [-0.1, -0.05) is 23.4 Å². The summed E-state index contributed by atoms with van der Waals surface area (Å²) >= 11 is 0. The quantitative estimate of drug-likeness (QED) is 0.754. The standard InChI is InChI=1S/C14H16N2O4/c1-3-18-14(17)10(2)13-15-12(16-20-13)9-19-11-7-5-4-6-8-11/h4-8,10H,3,9H2,1-2H3. The van der Waals surface area contributed by atoms with Gasteiger partial charge in [-0.3, -0.25) is 4.79 Å². The van der Waals surface area contributed by atoms with Gasteiger partial charge in [-0.2, -0.15) is 4.98 Å². The zero-order valence-electron chi connectivity index (χ0n) is 11.4. The second kappa shape index (κ2) is 6.70. The third kappa shape index (κ3) is 3.57. The predicted molar refractivity (Wildman–Crippen MR) is 70.1 cm³/mol. The van der Waals surface area contributed by atoms with Crippen molar-refractivity contribution < 1.29 is 18.8 Å². The zero-order chi connectivity index (χ0) is 14.4. The lowest BCUT2D eigenvalue weighted by Gasteiger charge is -2.04. The minimum atomic E-state index is -0.576. The van der Waals surface area contributed by atoms with Crippen molar-refractivity contribution >= 4 is 5.97 Å². The van der Waals surface area contributed by atoms with Crippen molar-refractivity contribution in [3.05, 3.63) is 42.0 Å². The number of carbonyl (C=O) groups excluding carboxylic acids is 1. The summed E-state index contributed by atoms with van der Waals surface area (Å²) in [7, 11) is 0. The molecular weight excluding hydrogens is 260 g/mol. The molecule has 0 aliphatic carbocycles. The van der Waals surface area contributed by atoms with E-state index in [9.17, 15) is 4.79 Å². The minimum Gasteiger partial charge on any atom is -0.485 e. The van der Waals surface area contributed by atoms with E-state index in [1.807, 2.05) is 30.3 Å².